The van der Waals surface area contributed by atoms with E-state index in [0.29, 0.717) is 11.3 Å². The van der Waals surface area contributed by atoms with Crippen molar-refractivity contribution in [3.05, 3.63) is 89.5 Å². The van der Waals surface area contributed by atoms with Gasteiger partial charge in [0.2, 0.25) is 0 Å². The van der Waals surface area contributed by atoms with Crippen molar-refractivity contribution in [2.45, 2.75) is 12.3 Å². The molecule has 0 spiro atoms. The van der Waals surface area contributed by atoms with Crippen LogP contribution in [0.25, 0.3) is 11.1 Å². The van der Waals surface area contributed by atoms with Gasteiger partial charge in [-0.25, -0.2) is 4.79 Å². The van der Waals surface area contributed by atoms with Gasteiger partial charge in [-0.15, -0.1) is 0 Å². The molecule has 3 aromatic carbocycles. The smallest absolute Gasteiger partial charge is 0.407 e. The maximum absolute atomic E-state index is 12.1. The van der Waals surface area contributed by atoms with Crippen LogP contribution >= 0.6 is 0 Å². The maximum Gasteiger partial charge on any atom is 0.407 e. The highest BCUT2D eigenvalue weighted by molar-refractivity contribution is 6.04. The number of alkyl carbamates (subject to hydrolysis) is 1. The normalized spacial score (nSPS) is 11.4. The predicted octanol–water partition coefficient (Wildman–Crippen LogP) is 3.79. The molecule has 0 saturated carbocycles. The number of benzene rings is 3. The molecule has 7 heteroatoms. The molecule has 170 valence electrons. The molecule has 0 unspecified atom stereocenters. The fourth-order valence-corrected chi connectivity index (χ4v) is 4.00. The Balaban J connectivity index is 1.28. The summed E-state index contributed by atoms with van der Waals surface area (Å²) in [4.78, 5) is 35.1. The van der Waals surface area contributed by atoms with E-state index in [1.165, 1.54) is 0 Å². The molecule has 4 rings (SSSR count). The highest BCUT2D eigenvalue weighted by Gasteiger charge is 2.28. The van der Waals surface area contributed by atoms with Crippen LogP contribution in [0.3, 0.4) is 0 Å². The van der Waals surface area contributed by atoms with E-state index in [4.69, 9.17) is 9.84 Å². The number of hydrogen-bond donors (Lipinski definition) is 3. The quantitative estimate of drug-likeness (QED) is 0.492. The number of rotatable bonds is 6. The van der Waals surface area contributed by atoms with Crippen LogP contribution in [-0.2, 0) is 20.7 Å². The van der Waals surface area contributed by atoms with Crippen LogP contribution in [-0.4, -0.2) is 36.2 Å². The Hall–Kier alpha value is -4.57. The van der Waals surface area contributed by atoms with Gasteiger partial charge in [-0.2, -0.15) is 0 Å². The minimum Gasteiger partial charge on any atom is -0.481 e. The standard InChI is InChI=1S/C27H22N2O5/c30-25(29-24-13-6-1-8-18(24)16-26(31)32)14-7-15-28-27(33)34-17-23-21-11-4-2-9-19(21)20-10-3-5-12-22(20)23/h1-6,8-13,23H,15-17H2,(H,28,33)(H,29,30)(H,31,32). The lowest BCUT2D eigenvalue weighted by atomic mass is 9.98. The minimum atomic E-state index is -1.000. The number of aliphatic carboxylic acids is 1. The van der Waals surface area contributed by atoms with E-state index in [2.05, 4.69) is 34.6 Å². The Labute approximate surface area is 196 Å². The number of para-hydroxylation sites is 1. The Morgan fingerprint density at radius 1 is 0.882 bits per heavy atom. The summed E-state index contributed by atoms with van der Waals surface area (Å²) < 4.78 is 5.42. The first kappa shape index (κ1) is 22.6. The molecular formula is C27H22N2O5. The van der Waals surface area contributed by atoms with Gasteiger partial charge >= 0.3 is 12.1 Å². The number of carbonyl (C=O) groups is 3. The maximum atomic E-state index is 12.1. The predicted molar refractivity (Wildman–Crippen MR) is 127 cm³/mol. The van der Waals surface area contributed by atoms with Gasteiger partial charge in [-0.3, -0.25) is 9.59 Å². The van der Waals surface area contributed by atoms with Gasteiger partial charge in [0.15, 0.2) is 0 Å². The summed E-state index contributed by atoms with van der Waals surface area (Å²) in [7, 11) is 0. The second-order valence-corrected chi connectivity index (χ2v) is 7.66. The SMILES string of the molecule is O=C(O)Cc1ccccc1NC(=O)C#CCNC(=O)OCC1c2ccccc2-c2ccccc21. The largest absolute Gasteiger partial charge is 0.481 e. The number of nitrogens with one attached hydrogen (secondary N) is 2. The van der Waals surface area contributed by atoms with Gasteiger partial charge in [0.05, 0.1) is 13.0 Å². The molecule has 2 amide bonds. The molecule has 0 aromatic heterocycles. The Morgan fingerprint density at radius 3 is 2.18 bits per heavy atom. The van der Waals surface area contributed by atoms with Crippen molar-refractivity contribution in [1.82, 2.24) is 5.32 Å². The topological polar surface area (TPSA) is 105 Å². The Bertz CT molecular complexity index is 1260. The van der Waals surface area contributed by atoms with Crippen LogP contribution in [0.4, 0.5) is 10.5 Å². The summed E-state index contributed by atoms with van der Waals surface area (Å²) in [5.74, 6) is 3.29. The zero-order valence-corrected chi connectivity index (χ0v) is 18.2. The van der Waals surface area contributed by atoms with Crippen molar-refractivity contribution in [1.29, 1.82) is 0 Å². The molecular weight excluding hydrogens is 432 g/mol. The molecule has 1 aliphatic rings. The summed E-state index contributed by atoms with van der Waals surface area (Å²) in [6, 6.07) is 22.7. The Kier molecular flexibility index (Phi) is 6.89. The van der Waals surface area contributed by atoms with E-state index in [1.54, 1.807) is 24.3 Å². The first-order valence-electron chi connectivity index (χ1n) is 10.7. The van der Waals surface area contributed by atoms with E-state index in [-0.39, 0.29) is 25.5 Å². The third kappa shape index (κ3) is 5.25. The molecule has 7 nitrogen and oxygen atoms in total. The summed E-state index contributed by atoms with van der Waals surface area (Å²) >= 11 is 0. The molecule has 0 fully saturated rings. The third-order valence-corrected chi connectivity index (χ3v) is 5.47. The summed E-state index contributed by atoms with van der Waals surface area (Å²) in [6.07, 6.45) is -0.837. The van der Waals surface area contributed by atoms with Gasteiger partial charge in [-0.1, -0.05) is 72.7 Å². The number of carboxylic acids is 1. The molecule has 34 heavy (non-hydrogen) atoms. The van der Waals surface area contributed by atoms with E-state index < -0.39 is 18.0 Å². The van der Waals surface area contributed by atoms with Crippen molar-refractivity contribution in [2.75, 3.05) is 18.5 Å². The van der Waals surface area contributed by atoms with Gasteiger partial charge < -0.3 is 20.5 Å². The summed E-state index contributed by atoms with van der Waals surface area (Å²) in [6.45, 7) is 0.120. The van der Waals surface area contributed by atoms with Crippen LogP contribution < -0.4 is 10.6 Å². The first-order valence-corrected chi connectivity index (χ1v) is 10.7. The third-order valence-electron chi connectivity index (χ3n) is 5.47. The molecule has 1 aliphatic carbocycles. The minimum absolute atomic E-state index is 0.0408. The van der Waals surface area contributed by atoms with Gasteiger partial charge in [-0.05, 0) is 39.8 Å². The zero-order valence-electron chi connectivity index (χ0n) is 18.2. The van der Waals surface area contributed by atoms with Crippen LogP contribution in [0.15, 0.2) is 72.8 Å². The number of anilines is 1. The van der Waals surface area contributed by atoms with Crippen LogP contribution in [0.5, 0.6) is 0 Å². The van der Waals surface area contributed by atoms with Crippen molar-refractivity contribution in [2.24, 2.45) is 0 Å². The number of fused-ring (bicyclic) bond motifs is 3. The highest BCUT2D eigenvalue weighted by Crippen LogP contribution is 2.44. The van der Waals surface area contributed by atoms with Gasteiger partial charge in [0.25, 0.3) is 5.91 Å². The van der Waals surface area contributed by atoms with Crippen LogP contribution in [0.1, 0.15) is 22.6 Å². The van der Waals surface area contributed by atoms with E-state index in [0.717, 1.165) is 22.3 Å². The van der Waals surface area contributed by atoms with Crippen molar-refractivity contribution in [3.63, 3.8) is 0 Å². The molecule has 0 radical (unpaired) electrons. The van der Waals surface area contributed by atoms with E-state index in [1.807, 2.05) is 36.4 Å². The van der Waals surface area contributed by atoms with E-state index >= 15 is 0 Å². The monoisotopic (exact) mass is 454 g/mol. The fourth-order valence-electron chi connectivity index (χ4n) is 4.00. The molecule has 3 N–H and O–H groups in total. The van der Waals surface area contributed by atoms with Crippen LogP contribution in [0.2, 0.25) is 0 Å². The number of hydrogen-bond acceptors (Lipinski definition) is 4. The zero-order chi connectivity index (χ0) is 23.9. The number of carbonyl (C=O) groups excluding carboxylic acids is 2. The fraction of sp³-hybridized carbons (Fsp3) is 0.148. The van der Waals surface area contributed by atoms with Gasteiger partial charge in [0.1, 0.15) is 6.61 Å². The van der Waals surface area contributed by atoms with Gasteiger partial charge in [0, 0.05) is 11.6 Å². The van der Waals surface area contributed by atoms with Crippen LogP contribution in [0, 0.1) is 11.8 Å². The Morgan fingerprint density at radius 2 is 1.50 bits per heavy atom. The highest BCUT2D eigenvalue weighted by atomic mass is 16.5. The second-order valence-electron chi connectivity index (χ2n) is 7.66. The molecule has 0 aliphatic heterocycles. The van der Waals surface area contributed by atoms with Crippen molar-refractivity contribution < 1.29 is 24.2 Å². The number of carboxylic acid groups (broad SMARTS) is 1. The van der Waals surface area contributed by atoms with Crippen molar-refractivity contribution >= 4 is 23.7 Å². The molecule has 0 bridgehead atoms. The summed E-state index contributed by atoms with van der Waals surface area (Å²) in [5, 5.41) is 14.1. The van der Waals surface area contributed by atoms with Crippen molar-refractivity contribution in [3.8, 4) is 23.0 Å². The molecule has 0 atom stereocenters. The molecule has 0 heterocycles. The first-order chi connectivity index (χ1) is 16.5. The lowest BCUT2D eigenvalue weighted by Crippen LogP contribution is -2.26. The lowest BCUT2D eigenvalue weighted by Gasteiger charge is -2.14. The number of amides is 2. The van der Waals surface area contributed by atoms with E-state index in [9.17, 15) is 14.4 Å². The molecule has 3 aromatic rings. The number of ether oxygens (including phenoxy) is 1. The second kappa shape index (κ2) is 10.4. The average molecular weight is 454 g/mol. The molecule has 0 saturated heterocycles. The summed E-state index contributed by atoms with van der Waals surface area (Å²) in [5.41, 5.74) is 5.39. The lowest BCUT2D eigenvalue weighted by molar-refractivity contribution is -0.136. The average Bonchev–Trinajstić information content (AvgIpc) is 3.15.